The number of benzene rings is 1. The molecular formula is C12H9ClFIN2O2. The molecule has 0 aliphatic heterocycles. The molecule has 0 atom stereocenters. The summed E-state index contributed by atoms with van der Waals surface area (Å²) in [5, 5.41) is 0.146. The molecule has 0 amide bonds. The van der Waals surface area contributed by atoms with Gasteiger partial charge in [-0.05, 0) is 28.7 Å². The third-order valence-electron chi connectivity index (χ3n) is 2.54. The van der Waals surface area contributed by atoms with Gasteiger partial charge in [0.25, 0.3) is 5.56 Å². The Hall–Kier alpha value is -1.15. The molecule has 0 saturated carbocycles. The molecule has 2 rings (SSSR count). The summed E-state index contributed by atoms with van der Waals surface area (Å²) in [6, 6.07) is 4.77. The first kappa shape index (κ1) is 14.3. The lowest BCUT2D eigenvalue weighted by Crippen LogP contribution is -2.24. The Labute approximate surface area is 127 Å². The number of methoxy groups -OCH3 is 1. The Bertz CT molecular complexity index is 675. The van der Waals surface area contributed by atoms with Crippen molar-refractivity contribution in [3.63, 3.8) is 0 Å². The fraction of sp³-hybridized carbons (Fsp3) is 0.167. The Morgan fingerprint density at radius 1 is 1.53 bits per heavy atom. The second-order valence-corrected chi connectivity index (χ2v) is 5.15. The van der Waals surface area contributed by atoms with Crippen molar-refractivity contribution < 1.29 is 9.13 Å². The zero-order valence-corrected chi connectivity index (χ0v) is 12.8. The van der Waals surface area contributed by atoms with E-state index >= 15 is 0 Å². The van der Waals surface area contributed by atoms with Crippen LogP contribution in [0.1, 0.15) is 5.56 Å². The molecule has 1 aromatic carbocycles. The van der Waals surface area contributed by atoms with Crippen LogP contribution in [0.5, 0.6) is 5.75 Å². The minimum absolute atomic E-state index is 0.0715. The Morgan fingerprint density at radius 3 is 2.95 bits per heavy atom. The molecule has 0 unspecified atom stereocenters. The van der Waals surface area contributed by atoms with Gasteiger partial charge >= 0.3 is 0 Å². The van der Waals surface area contributed by atoms with Gasteiger partial charge in [0.15, 0.2) is 11.6 Å². The Morgan fingerprint density at radius 2 is 2.26 bits per heavy atom. The standard InChI is InChI=1S/C12H9ClFIN2O2/c1-19-8-4-2-3-7(9(8)14)5-17-6-16-11(13)10(15)12(17)18/h2-4,6H,5H2,1H3. The summed E-state index contributed by atoms with van der Waals surface area (Å²) >= 11 is 7.56. The number of halogens is 3. The van der Waals surface area contributed by atoms with Crippen molar-refractivity contribution in [1.82, 2.24) is 9.55 Å². The van der Waals surface area contributed by atoms with Crippen LogP contribution < -0.4 is 10.3 Å². The lowest BCUT2D eigenvalue weighted by atomic mass is 10.2. The highest BCUT2D eigenvalue weighted by Crippen LogP contribution is 2.20. The normalized spacial score (nSPS) is 10.5. The van der Waals surface area contributed by atoms with E-state index in [4.69, 9.17) is 16.3 Å². The maximum atomic E-state index is 14.0. The molecule has 2 aromatic rings. The molecule has 1 aromatic heterocycles. The van der Waals surface area contributed by atoms with Gasteiger partial charge in [0.2, 0.25) is 0 Å². The molecule has 0 N–H and O–H groups in total. The van der Waals surface area contributed by atoms with Gasteiger partial charge in [-0.3, -0.25) is 9.36 Å². The van der Waals surface area contributed by atoms with E-state index in [9.17, 15) is 9.18 Å². The summed E-state index contributed by atoms with van der Waals surface area (Å²) in [5.74, 6) is -0.343. The van der Waals surface area contributed by atoms with Crippen molar-refractivity contribution in [2.45, 2.75) is 6.54 Å². The zero-order valence-electron chi connectivity index (χ0n) is 9.86. The quantitative estimate of drug-likeness (QED) is 0.594. The molecule has 0 spiro atoms. The van der Waals surface area contributed by atoms with Gasteiger partial charge in [-0.1, -0.05) is 23.7 Å². The summed E-state index contributed by atoms with van der Waals surface area (Å²) in [6.45, 7) is 0.0715. The van der Waals surface area contributed by atoms with E-state index in [1.807, 2.05) is 22.6 Å². The third-order valence-corrected chi connectivity index (χ3v) is 4.12. The Kier molecular flexibility index (Phi) is 4.41. The first-order valence-corrected chi connectivity index (χ1v) is 6.72. The molecule has 0 radical (unpaired) electrons. The van der Waals surface area contributed by atoms with E-state index in [1.165, 1.54) is 24.1 Å². The van der Waals surface area contributed by atoms with Crippen molar-refractivity contribution in [3.8, 4) is 5.75 Å². The lowest BCUT2D eigenvalue weighted by Gasteiger charge is -2.09. The van der Waals surface area contributed by atoms with Crippen LogP contribution in [-0.4, -0.2) is 16.7 Å². The van der Waals surface area contributed by atoms with Gasteiger partial charge in [0.05, 0.1) is 20.0 Å². The van der Waals surface area contributed by atoms with Crippen molar-refractivity contribution in [3.05, 3.63) is 55.0 Å². The van der Waals surface area contributed by atoms with Crippen LogP contribution >= 0.6 is 34.2 Å². The summed E-state index contributed by atoms with van der Waals surface area (Å²) in [7, 11) is 1.39. The monoisotopic (exact) mass is 394 g/mol. The molecule has 19 heavy (non-hydrogen) atoms. The highest BCUT2D eigenvalue weighted by atomic mass is 127. The van der Waals surface area contributed by atoms with Crippen LogP contribution in [0, 0.1) is 9.39 Å². The number of ether oxygens (including phenoxy) is 1. The van der Waals surface area contributed by atoms with E-state index < -0.39 is 5.82 Å². The van der Waals surface area contributed by atoms with Crippen molar-refractivity contribution in [2.75, 3.05) is 7.11 Å². The predicted octanol–water partition coefficient (Wildman–Crippen LogP) is 2.70. The van der Waals surface area contributed by atoms with Crippen LogP contribution in [0.25, 0.3) is 0 Å². The number of rotatable bonds is 3. The molecule has 0 saturated heterocycles. The van der Waals surface area contributed by atoms with E-state index in [2.05, 4.69) is 4.98 Å². The first-order chi connectivity index (χ1) is 9.04. The smallest absolute Gasteiger partial charge is 0.268 e. The first-order valence-electron chi connectivity index (χ1n) is 5.26. The summed E-state index contributed by atoms with van der Waals surface area (Å²) < 4.78 is 20.5. The number of nitrogens with zero attached hydrogens (tertiary/aromatic N) is 2. The molecule has 0 aliphatic rings. The van der Waals surface area contributed by atoms with E-state index in [1.54, 1.807) is 12.1 Å². The van der Waals surface area contributed by atoms with E-state index in [0.717, 1.165) is 0 Å². The third kappa shape index (κ3) is 2.89. The second kappa shape index (κ2) is 5.87. The molecule has 100 valence electrons. The molecule has 0 bridgehead atoms. The highest BCUT2D eigenvalue weighted by Gasteiger charge is 2.12. The number of hydrogen-bond donors (Lipinski definition) is 0. The minimum atomic E-state index is -0.484. The maximum Gasteiger partial charge on any atom is 0.268 e. The molecular weight excluding hydrogens is 385 g/mol. The van der Waals surface area contributed by atoms with Gasteiger partial charge in [0, 0.05) is 5.56 Å². The molecule has 0 fully saturated rings. The average Bonchev–Trinajstić information content (AvgIpc) is 2.41. The van der Waals surface area contributed by atoms with Gasteiger partial charge in [-0.25, -0.2) is 9.37 Å². The molecule has 4 nitrogen and oxygen atoms in total. The molecule has 1 heterocycles. The predicted molar refractivity (Wildman–Crippen MR) is 78.3 cm³/mol. The fourth-order valence-electron chi connectivity index (χ4n) is 1.58. The number of aromatic nitrogens is 2. The molecule has 0 aliphatic carbocycles. The van der Waals surface area contributed by atoms with Crippen LogP contribution in [0.4, 0.5) is 4.39 Å². The van der Waals surface area contributed by atoms with Crippen molar-refractivity contribution >= 4 is 34.2 Å². The average molecular weight is 395 g/mol. The lowest BCUT2D eigenvalue weighted by molar-refractivity contribution is 0.383. The Balaban J connectivity index is 2.43. The van der Waals surface area contributed by atoms with Crippen LogP contribution in [0.15, 0.2) is 29.3 Å². The van der Waals surface area contributed by atoms with Crippen LogP contribution in [0.3, 0.4) is 0 Å². The van der Waals surface area contributed by atoms with Crippen LogP contribution in [0.2, 0.25) is 5.15 Å². The van der Waals surface area contributed by atoms with Gasteiger partial charge in [-0.2, -0.15) is 0 Å². The number of hydrogen-bond acceptors (Lipinski definition) is 3. The van der Waals surface area contributed by atoms with Crippen LogP contribution in [-0.2, 0) is 6.54 Å². The highest BCUT2D eigenvalue weighted by molar-refractivity contribution is 14.1. The second-order valence-electron chi connectivity index (χ2n) is 3.72. The summed E-state index contributed by atoms with van der Waals surface area (Å²) in [4.78, 5) is 15.8. The molecule has 7 heteroatoms. The SMILES string of the molecule is COc1cccc(Cn2cnc(Cl)c(I)c2=O)c1F. The van der Waals surface area contributed by atoms with Crippen molar-refractivity contribution in [1.29, 1.82) is 0 Å². The topological polar surface area (TPSA) is 44.1 Å². The van der Waals surface area contributed by atoms with Crippen molar-refractivity contribution in [2.24, 2.45) is 0 Å². The largest absolute Gasteiger partial charge is 0.494 e. The van der Waals surface area contributed by atoms with E-state index in [-0.39, 0.29) is 23.0 Å². The van der Waals surface area contributed by atoms with Gasteiger partial charge in [-0.15, -0.1) is 0 Å². The van der Waals surface area contributed by atoms with Gasteiger partial charge < -0.3 is 4.74 Å². The van der Waals surface area contributed by atoms with Gasteiger partial charge in [0.1, 0.15) is 8.72 Å². The fourth-order valence-corrected chi connectivity index (χ4v) is 2.15. The minimum Gasteiger partial charge on any atom is -0.494 e. The summed E-state index contributed by atoms with van der Waals surface area (Å²) in [6.07, 6.45) is 1.30. The maximum absolute atomic E-state index is 14.0. The summed E-state index contributed by atoms with van der Waals surface area (Å²) in [5.41, 5.74) is 0.0455. The van der Waals surface area contributed by atoms with E-state index in [0.29, 0.717) is 9.13 Å². The zero-order chi connectivity index (χ0) is 14.0.